The Morgan fingerprint density at radius 3 is 2.53 bits per heavy atom. The zero-order valence-corrected chi connectivity index (χ0v) is 12.2. The average Bonchev–Trinajstić information content (AvgIpc) is 2.48. The average molecular weight is 263 g/mol. The van der Waals surface area contributed by atoms with Crippen LogP contribution in [0.2, 0.25) is 0 Å². The molecule has 0 aliphatic heterocycles. The summed E-state index contributed by atoms with van der Waals surface area (Å²) in [6.07, 6.45) is 5.20. The third kappa shape index (κ3) is 3.95. The van der Waals surface area contributed by atoms with Gasteiger partial charge in [-0.15, -0.1) is 0 Å². The third-order valence-corrected chi connectivity index (χ3v) is 4.09. The minimum atomic E-state index is 0.360. The van der Waals surface area contributed by atoms with Gasteiger partial charge in [0.15, 0.2) is 0 Å². The van der Waals surface area contributed by atoms with E-state index in [0.717, 1.165) is 5.75 Å². The van der Waals surface area contributed by atoms with Gasteiger partial charge >= 0.3 is 0 Å². The molecule has 1 aliphatic rings. The first-order valence-corrected chi connectivity index (χ1v) is 7.15. The Bertz CT molecular complexity index is 386. The van der Waals surface area contributed by atoms with Gasteiger partial charge in [0.25, 0.3) is 0 Å². The fraction of sp³-hybridized carbons (Fsp3) is 0.625. The first kappa shape index (κ1) is 14.4. The summed E-state index contributed by atoms with van der Waals surface area (Å²) in [5.74, 6) is 0.925. The van der Waals surface area contributed by atoms with E-state index in [9.17, 15) is 0 Å². The number of hydrogen-bond acceptors (Lipinski definition) is 3. The lowest BCUT2D eigenvalue weighted by atomic mass is 9.92. The molecule has 0 heterocycles. The van der Waals surface area contributed by atoms with Crippen molar-refractivity contribution < 1.29 is 9.47 Å². The molecular weight excluding hydrogens is 238 g/mol. The summed E-state index contributed by atoms with van der Waals surface area (Å²) in [6, 6.07) is 9.26. The summed E-state index contributed by atoms with van der Waals surface area (Å²) in [5, 5.41) is 3.72. The lowest BCUT2D eigenvalue weighted by Gasteiger charge is -2.30. The van der Waals surface area contributed by atoms with Crippen LogP contribution in [0.3, 0.4) is 0 Å². The highest BCUT2D eigenvalue weighted by Gasteiger charge is 2.22. The molecule has 0 saturated heterocycles. The van der Waals surface area contributed by atoms with Crippen LogP contribution < -0.4 is 10.1 Å². The second kappa shape index (κ2) is 6.92. The van der Waals surface area contributed by atoms with Gasteiger partial charge in [0.1, 0.15) is 5.75 Å². The normalized spacial score (nSPS) is 25.0. The minimum Gasteiger partial charge on any atom is -0.497 e. The molecule has 1 N–H and O–H groups in total. The molecule has 1 fully saturated rings. The van der Waals surface area contributed by atoms with Gasteiger partial charge < -0.3 is 14.8 Å². The van der Waals surface area contributed by atoms with Crippen LogP contribution in [0, 0.1) is 0 Å². The Morgan fingerprint density at radius 2 is 1.89 bits per heavy atom. The van der Waals surface area contributed by atoms with E-state index >= 15 is 0 Å². The van der Waals surface area contributed by atoms with Gasteiger partial charge in [-0.2, -0.15) is 0 Å². The standard InChI is InChI=1S/C16H25NO2/c1-12(13-5-4-6-16(11-13)19-3)17-14-7-9-15(18-2)10-8-14/h4-6,11-12,14-15,17H,7-10H2,1-3H3/t12-,14?,15?/m1/s1. The molecule has 1 aliphatic carbocycles. The highest BCUT2D eigenvalue weighted by atomic mass is 16.5. The van der Waals surface area contributed by atoms with Crippen molar-refractivity contribution in [2.24, 2.45) is 0 Å². The monoisotopic (exact) mass is 263 g/mol. The Morgan fingerprint density at radius 1 is 1.16 bits per heavy atom. The molecule has 106 valence electrons. The fourth-order valence-corrected chi connectivity index (χ4v) is 2.83. The number of nitrogens with one attached hydrogen (secondary N) is 1. The molecule has 2 rings (SSSR count). The molecule has 0 aromatic heterocycles. The second-order valence-electron chi connectivity index (χ2n) is 5.37. The van der Waals surface area contributed by atoms with E-state index in [1.807, 2.05) is 19.2 Å². The topological polar surface area (TPSA) is 30.5 Å². The molecule has 1 saturated carbocycles. The summed E-state index contributed by atoms with van der Waals surface area (Å²) < 4.78 is 10.7. The van der Waals surface area contributed by atoms with Gasteiger partial charge in [0, 0.05) is 19.2 Å². The third-order valence-electron chi connectivity index (χ3n) is 4.09. The molecule has 3 nitrogen and oxygen atoms in total. The fourth-order valence-electron chi connectivity index (χ4n) is 2.83. The van der Waals surface area contributed by atoms with Crippen LogP contribution in [0.4, 0.5) is 0 Å². The van der Waals surface area contributed by atoms with Crippen LogP contribution in [0.15, 0.2) is 24.3 Å². The zero-order valence-electron chi connectivity index (χ0n) is 12.2. The highest BCUT2D eigenvalue weighted by molar-refractivity contribution is 5.30. The van der Waals surface area contributed by atoms with E-state index in [-0.39, 0.29) is 0 Å². The van der Waals surface area contributed by atoms with Gasteiger partial charge in [-0.05, 0) is 50.3 Å². The predicted molar refractivity (Wildman–Crippen MR) is 77.6 cm³/mol. The summed E-state index contributed by atoms with van der Waals surface area (Å²) in [7, 11) is 3.53. The molecule has 0 unspecified atom stereocenters. The molecule has 1 aromatic carbocycles. The second-order valence-corrected chi connectivity index (χ2v) is 5.37. The van der Waals surface area contributed by atoms with Gasteiger partial charge in [-0.25, -0.2) is 0 Å². The maximum atomic E-state index is 5.42. The van der Waals surface area contributed by atoms with Crippen molar-refractivity contribution in [2.75, 3.05) is 14.2 Å². The number of hydrogen-bond donors (Lipinski definition) is 1. The van der Waals surface area contributed by atoms with E-state index in [0.29, 0.717) is 18.2 Å². The van der Waals surface area contributed by atoms with Crippen molar-refractivity contribution in [3.05, 3.63) is 29.8 Å². The molecule has 0 radical (unpaired) electrons. The van der Waals surface area contributed by atoms with Crippen LogP contribution >= 0.6 is 0 Å². The van der Waals surface area contributed by atoms with Gasteiger partial charge in [-0.1, -0.05) is 12.1 Å². The van der Waals surface area contributed by atoms with Crippen LogP contribution in [-0.2, 0) is 4.74 Å². The molecular formula is C16H25NO2. The summed E-state index contributed by atoms with van der Waals surface area (Å²) >= 11 is 0. The smallest absolute Gasteiger partial charge is 0.119 e. The van der Waals surface area contributed by atoms with Crippen molar-refractivity contribution in [1.82, 2.24) is 5.32 Å². The van der Waals surface area contributed by atoms with Crippen molar-refractivity contribution in [2.45, 2.75) is 50.8 Å². The first-order valence-electron chi connectivity index (χ1n) is 7.15. The van der Waals surface area contributed by atoms with Crippen LogP contribution in [0.1, 0.15) is 44.2 Å². The zero-order chi connectivity index (χ0) is 13.7. The van der Waals surface area contributed by atoms with E-state index in [2.05, 4.69) is 24.4 Å². The quantitative estimate of drug-likeness (QED) is 0.884. The van der Waals surface area contributed by atoms with Crippen molar-refractivity contribution in [3.63, 3.8) is 0 Å². The molecule has 0 amide bonds. The van der Waals surface area contributed by atoms with E-state index < -0.39 is 0 Å². The summed E-state index contributed by atoms with van der Waals surface area (Å²) in [5.41, 5.74) is 1.29. The van der Waals surface area contributed by atoms with Crippen molar-refractivity contribution >= 4 is 0 Å². The maximum absolute atomic E-state index is 5.42. The predicted octanol–water partition coefficient (Wildman–Crippen LogP) is 3.30. The van der Waals surface area contributed by atoms with E-state index in [1.165, 1.54) is 31.2 Å². The van der Waals surface area contributed by atoms with Crippen molar-refractivity contribution in [3.8, 4) is 5.75 Å². The summed E-state index contributed by atoms with van der Waals surface area (Å²) in [4.78, 5) is 0. The van der Waals surface area contributed by atoms with Gasteiger partial charge in [-0.3, -0.25) is 0 Å². The summed E-state index contributed by atoms with van der Waals surface area (Å²) in [6.45, 7) is 2.22. The molecule has 0 bridgehead atoms. The molecule has 1 aromatic rings. The number of methoxy groups -OCH3 is 2. The van der Waals surface area contributed by atoms with Crippen molar-refractivity contribution in [1.29, 1.82) is 0 Å². The Labute approximate surface area is 116 Å². The lowest BCUT2D eigenvalue weighted by molar-refractivity contribution is 0.0614. The van der Waals surface area contributed by atoms with Gasteiger partial charge in [0.05, 0.1) is 13.2 Å². The number of rotatable bonds is 5. The Balaban J connectivity index is 1.88. The van der Waals surface area contributed by atoms with Gasteiger partial charge in [0.2, 0.25) is 0 Å². The van der Waals surface area contributed by atoms with E-state index in [1.54, 1.807) is 7.11 Å². The SMILES string of the molecule is COc1cccc([C@@H](C)NC2CCC(OC)CC2)c1. The van der Waals surface area contributed by atoms with Crippen LogP contribution in [0.25, 0.3) is 0 Å². The Hall–Kier alpha value is -1.06. The highest BCUT2D eigenvalue weighted by Crippen LogP contribution is 2.24. The minimum absolute atomic E-state index is 0.360. The largest absolute Gasteiger partial charge is 0.497 e. The maximum Gasteiger partial charge on any atom is 0.119 e. The molecule has 0 spiro atoms. The van der Waals surface area contributed by atoms with Crippen LogP contribution in [-0.4, -0.2) is 26.4 Å². The molecule has 1 atom stereocenters. The first-order chi connectivity index (χ1) is 9.22. The Kier molecular flexibility index (Phi) is 5.23. The number of ether oxygens (including phenoxy) is 2. The number of benzene rings is 1. The molecule has 3 heteroatoms. The molecule has 19 heavy (non-hydrogen) atoms. The van der Waals surface area contributed by atoms with E-state index in [4.69, 9.17) is 9.47 Å². The lowest BCUT2D eigenvalue weighted by Crippen LogP contribution is -2.36. The van der Waals surface area contributed by atoms with Crippen LogP contribution in [0.5, 0.6) is 5.75 Å².